The largest absolute Gasteiger partial charge is 0.381 e. The highest BCUT2D eigenvalue weighted by atomic mass is 35.5. The van der Waals surface area contributed by atoms with Gasteiger partial charge in [0.2, 0.25) is 0 Å². The Morgan fingerprint density at radius 3 is 2.69 bits per heavy atom. The van der Waals surface area contributed by atoms with Gasteiger partial charge in [0.05, 0.1) is 0 Å². The Balaban J connectivity index is 0.00000144. The van der Waals surface area contributed by atoms with Crippen LogP contribution in [0.5, 0.6) is 0 Å². The van der Waals surface area contributed by atoms with Gasteiger partial charge in [-0.3, -0.25) is 0 Å². The monoisotopic (exact) mass is 199 g/mol. The molecule has 1 aromatic heterocycles. The van der Waals surface area contributed by atoms with Crippen LogP contribution in [0.2, 0.25) is 0 Å². The Hall–Kier alpha value is -1.54. The Kier molecular flexibility index (Phi) is 4.55. The number of allylic oxidation sites excluding steroid dienone is 1. The van der Waals surface area contributed by atoms with Gasteiger partial charge in [-0.25, -0.2) is 9.67 Å². The molecular formula is C7H10ClN5. The molecule has 0 spiro atoms. The first-order valence-corrected chi connectivity index (χ1v) is 3.37. The van der Waals surface area contributed by atoms with Crippen molar-refractivity contribution in [2.75, 3.05) is 14.1 Å². The summed E-state index contributed by atoms with van der Waals surface area (Å²) in [5, 5.41) is 12.5. The third kappa shape index (κ3) is 3.13. The second-order valence-corrected chi connectivity index (χ2v) is 2.43. The van der Waals surface area contributed by atoms with Crippen molar-refractivity contribution in [2.45, 2.75) is 0 Å². The molecule has 5 nitrogen and oxygen atoms in total. The molecule has 70 valence electrons. The van der Waals surface area contributed by atoms with E-state index in [2.05, 4.69) is 10.1 Å². The number of nitriles is 1. The van der Waals surface area contributed by atoms with E-state index in [-0.39, 0.29) is 12.4 Å². The number of nitrogens with zero attached hydrogens (tertiary/aromatic N) is 5. The summed E-state index contributed by atoms with van der Waals surface area (Å²) in [7, 11) is 3.68. The van der Waals surface area contributed by atoms with Gasteiger partial charge in [0.25, 0.3) is 0 Å². The molecule has 6 heteroatoms. The second kappa shape index (κ2) is 5.17. The summed E-state index contributed by atoms with van der Waals surface area (Å²) in [4.78, 5) is 5.52. The van der Waals surface area contributed by atoms with Gasteiger partial charge < -0.3 is 4.90 Å². The maximum atomic E-state index is 8.71. The first-order chi connectivity index (χ1) is 5.74. The summed E-state index contributed by atoms with van der Waals surface area (Å²) in [5.41, 5.74) is 0.442. The van der Waals surface area contributed by atoms with Crippen molar-refractivity contribution in [1.82, 2.24) is 19.7 Å². The number of hydrogen-bond donors (Lipinski definition) is 0. The van der Waals surface area contributed by atoms with Crippen LogP contribution in [-0.2, 0) is 0 Å². The molecule has 1 aromatic rings. The predicted octanol–water partition coefficient (Wildman–Crippen LogP) is 0.583. The Morgan fingerprint density at radius 2 is 2.31 bits per heavy atom. The van der Waals surface area contributed by atoms with Gasteiger partial charge in [0.1, 0.15) is 18.7 Å². The minimum Gasteiger partial charge on any atom is -0.381 e. The highest BCUT2D eigenvalue weighted by molar-refractivity contribution is 5.85. The lowest BCUT2D eigenvalue weighted by molar-refractivity contribution is 0.562. The van der Waals surface area contributed by atoms with Crippen molar-refractivity contribution in [3.8, 4) is 6.07 Å². The van der Waals surface area contributed by atoms with Crippen molar-refractivity contribution < 1.29 is 0 Å². The molecule has 0 saturated heterocycles. The van der Waals surface area contributed by atoms with Crippen molar-refractivity contribution in [3.05, 3.63) is 18.9 Å². The molecule has 0 aliphatic carbocycles. The van der Waals surface area contributed by atoms with E-state index in [0.717, 1.165) is 0 Å². The van der Waals surface area contributed by atoms with Crippen LogP contribution in [0.3, 0.4) is 0 Å². The van der Waals surface area contributed by atoms with Gasteiger partial charge in [-0.1, -0.05) is 0 Å². The molecule has 0 radical (unpaired) electrons. The maximum absolute atomic E-state index is 8.71. The van der Waals surface area contributed by atoms with Crippen LogP contribution in [0.1, 0.15) is 0 Å². The van der Waals surface area contributed by atoms with E-state index in [0.29, 0.717) is 5.70 Å². The van der Waals surface area contributed by atoms with Crippen LogP contribution in [0, 0.1) is 11.3 Å². The first kappa shape index (κ1) is 11.5. The fraction of sp³-hybridized carbons (Fsp3) is 0.286. The lowest BCUT2D eigenvalue weighted by atomic mass is 10.5. The second-order valence-electron chi connectivity index (χ2n) is 2.43. The van der Waals surface area contributed by atoms with Crippen molar-refractivity contribution in [3.63, 3.8) is 0 Å². The van der Waals surface area contributed by atoms with Crippen molar-refractivity contribution in [1.29, 1.82) is 5.26 Å². The van der Waals surface area contributed by atoms with Gasteiger partial charge in [-0.05, 0) is 0 Å². The summed E-state index contributed by atoms with van der Waals surface area (Å²) in [6.07, 6.45) is 4.55. The van der Waals surface area contributed by atoms with E-state index < -0.39 is 0 Å². The molecule has 1 rings (SSSR count). The van der Waals surface area contributed by atoms with E-state index in [9.17, 15) is 0 Å². The van der Waals surface area contributed by atoms with Crippen LogP contribution in [0.4, 0.5) is 0 Å². The first-order valence-electron chi connectivity index (χ1n) is 3.37. The average Bonchev–Trinajstić information content (AvgIpc) is 2.51. The molecule has 1 heterocycles. The molecule has 0 atom stereocenters. The van der Waals surface area contributed by atoms with Crippen LogP contribution in [0.15, 0.2) is 18.9 Å². The molecule has 0 aliphatic heterocycles. The maximum Gasteiger partial charge on any atom is 0.159 e. The van der Waals surface area contributed by atoms with Crippen molar-refractivity contribution >= 4 is 18.1 Å². The molecule has 0 aromatic carbocycles. The van der Waals surface area contributed by atoms with Crippen LogP contribution in [-0.4, -0.2) is 33.8 Å². The standard InChI is InChI=1S/C7H9N5.ClH/c1-11(2)4-7(3-8)12-6-9-5-10-12;/h4-6H,1-2H3;1H/b7-4-;. The van der Waals surface area contributed by atoms with E-state index >= 15 is 0 Å². The normalized spacial score (nSPS) is 10.1. The van der Waals surface area contributed by atoms with E-state index in [1.165, 1.54) is 17.3 Å². The van der Waals surface area contributed by atoms with Crippen molar-refractivity contribution in [2.24, 2.45) is 0 Å². The lowest BCUT2D eigenvalue weighted by Gasteiger charge is -2.05. The minimum atomic E-state index is 0. The molecule has 0 bridgehead atoms. The summed E-state index contributed by atoms with van der Waals surface area (Å²) in [6, 6.07) is 2.02. The third-order valence-electron chi connectivity index (χ3n) is 1.16. The predicted molar refractivity (Wildman–Crippen MR) is 50.8 cm³/mol. The lowest BCUT2D eigenvalue weighted by Crippen LogP contribution is -2.05. The topological polar surface area (TPSA) is 57.7 Å². The zero-order valence-electron chi connectivity index (χ0n) is 7.38. The highest BCUT2D eigenvalue weighted by Crippen LogP contribution is 1.99. The fourth-order valence-electron chi connectivity index (χ4n) is 0.716. The molecular weight excluding hydrogens is 190 g/mol. The number of halogens is 1. The van der Waals surface area contributed by atoms with E-state index in [4.69, 9.17) is 5.26 Å². The van der Waals surface area contributed by atoms with E-state index in [1.807, 2.05) is 20.2 Å². The molecule has 0 amide bonds. The summed E-state index contributed by atoms with van der Waals surface area (Å²) >= 11 is 0. The smallest absolute Gasteiger partial charge is 0.159 e. The quantitative estimate of drug-likeness (QED) is 0.654. The summed E-state index contributed by atoms with van der Waals surface area (Å²) in [5.74, 6) is 0. The average molecular weight is 200 g/mol. The molecule has 0 saturated carbocycles. The van der Waals surface area contributed by atoms with Gasteiger partial charge in [-0.2, -0.15) is 10.4 Å². The molecule has 13 heavy (non-hydrogen) atoms. The minimum absolute atomic E-state index is 0. The fourth-order valence-corrected chi connectivity index (χ4v) is 0.716. The highest BCUT2D eigenvalue weighted by Gasteiger charge is 1.98. The van der Waals surface area contributed by atoms with Gasteiger partial charge in [-0.15, -0.1) is 12.4 Å². The van der Waals surface area contributed by atoms with Gasteiger partial charge in [0.15, 0.2) is 5.70 Å². The molecule has 0 aliphatic rings. The zero-order chi connectivity index (χ0) is 8.97. The Labute approximate surface area is 82.7 Å². The third-order valence-corrected chi connectivity index (χ3v) is 1.16. The van der Waals surface area contributed by atoms with Crippen LogP contribution >= 0.6 is 12.4 Å². The number of aromatic nitrogens is 3. The van der Waals surface area contributed by atoms with Crippen LogP contribution in [0.25, 0.3) is 5.70 Å². The molecule has 0 N–H and O–H groups in total. The Morgan fingerprint density at radius 1 is 1.62 bits per heavy atom. The van der Waals surface area contributed by atoms with Crippen LogP contribution < -0.4 is 0 Å². The molecule has 0 fully saturated rings. The summed E-state index contributed by atoms with van der Waals surface area (Å²) in [6.45, 7) is 0. The Bertz CT molecular complexity index is 308. The number of hydrogen-bond acceptors (Lipinski definition) is 4. The number of rotatable bonds is 2. The molecule has 0 unspecified atom stereocenters. The van der Waals surface area contributed by atoms with Gasteiger partial charge in [0, 0.05) is 20.3 Å². The van der Waals surface area contributed by atoms with Gasteiger partial charge >= 0.3 is 0 Å². The van der Waals surface area contributed by atoms with E-state index in [1.54, 1.807) is 11.1 Å². The zero-order valence-corrected chi connectivity index (χ0v) is 8.19. The SMILES string of the molecule is CN(C)/C=C(/C#N)n1cncn1.Cl. The summed E-state index contributed by atoms with van der Waals surface area (Å²) < 4.78 is 1.42.